The van der Waals surface area contributed by atoms with Gasteiger partial charge in [-0.15, -0.1) is 0 Å². The lowest BCUT2D eigenvalue weighted by molar-refractivity contribution is -0.123. The largest absolute Gasteiger partial charge is 0.449 e. The predicted molar refractivity (Wildman–Crippen MR) is 104 cm³/mol. The van der Waals surface area contributed by atoms with Gasteiger partial charge in [0.1, 0.15) is 0 Å². The number of carbonyl (C=O) groups excluding carboxylic acids is 2. The Bertz CT molecular complexity index is 972. The van der Waals surface area contributed by atoms with Gasteiger partial charge in [-0.25, -0.2) is 13.2 Å². The molecule has 8 heteroatoms. The number of ether oxygens (including phenoxy) is 1. The molecule has 0 aromatic heterocycles. The minimum atomic E-state index is -3.60. The van der Waals surface area contributed by atoms with Gasteiger partial charge in [0.25, 0.3) is 5.91 Å². The molecular weight excluding hydrogens is 390 g/mol. The number of sulfone groups is 1. The van der Waals surface area contributed by atoms with Crippen LogP contribution in [0.5, 0.6) is 0 Å². The van der Waals surface area contributed by atoms with Crippen LogP contribution >= 0.6 is 11.6 Å². The number of aryl methyl sites for hydroxylation is 1. The van der Waals surface area contributed by atoms with Crippen molar-refractivity contribution in [3.8, 4) is 0 Å². The molecule has 0 saturated carbocycles. The van der Waals surface area contributed by atoms with E-state index in [4.69, 9.17) is 16.3 Å². The van der Waals surface area contributed by atoms with Gasteiger partial charge in [0.05, 0.1) is 16.2 Å². The van der Waals surface area contributed by atoms with Crippen molar-refractivity contribution < 1.29 is 22.7 Å². The van der Waals surface area contributed by atoms with E-state index in [1.54, 1.807) is 25.1 Å². The van der Waals surface area contributed by atoms with E-state index >= 15 is 0 Å². The van der Waals surface area contributed by atoms with Crippen LogP contribution in [0.15, 0.2) is 47.4 Å². The van der Waals surface area contributed by atoms with Crippen molar-refractivity contribution in [1.29, 1.82) is 0 Å². The summed E-state index contributed by atoms with van der Waals surface area (Å²) >= 11 is 5.92. The first-order chi connectivity index (χ1) is 12.7. The Morgan fingerprint density at radius 1 is 1.19 bits per heavy atom. The average Bonchev–Trinajstić information content (AvgIpc) is 2.64. The normalized spacial score (nSPS) is 12.3. The van der Waals surface area contributed by atoms with Crippen LogP contribution in [0.4, 0.5) is 5.69 Å². The Morgan fingerprint density at radius 3 is 2.52 bits per heavy atom. The van der Waals surface area contributed by atoms with Gasteiger partial charge in [-0.1, -0.05) is 36.7 Å². The molecule has 0 radical (unpaired) electrons. The summed E-state index contributed by atoms with van der Waals surface area (Å²) in [5, 5.41) is 3.10. The molecule has 0 aliphatic heterocycles. The number of rotatable bonds is 6. The molecule has 0 unspecified atom stereocenters. The molecule has 0 saturated heterocycles. The number of amides is 1. The van der Waals surface area contributed by atoms with Crippen molar-refractivity contribution in [2.24, 2.45) is 0 Å². The molecule has 0 aliphatic carbocycles. The van der Waals surface area contributed by atoms with Crippen LogP contribution in [0.25, 0.3) is 0 Å². The molecule has 0 spiro atoms. The first-order valence-corrected chi connectivity index (χ1v) is 10.3. The van der Waals surface area contributed by atoms with Crippen molar-refractivity contribution in [2.45, 2.75) is 31.8 Å². The highest BCUT2D eigenvalue weighted by Gasteiger charge is 2.25. The number of carbonyl (C=O) groups is 2. The van der Waals surface area contributed by atoms with E-state index in [2.05, 4.69) is 5.32 Å². The summed E-state index contributed by atoms with van der Waals surface area (Å²) in [4.78, 5) is 24.6. The molecule has 1 amide bonds. The zero-order valence-electron chi connectivity index (χ0n) is 15.2. The van der Waals surface area contributed by atoms with E-state index in [0.717, 1.165) is 5.56 Å². The van der Waals surface area contributed by atoms with Gasteiger partial charge in [-0.3, -0.25) is 4.79 Å². The van der Waals surface area contributed by atoms with E-state index in [1.807, 2.05) is 0 Å². The number of esters is 1. The van der Waals surface area contributed by atoms with Crippen LogP contribution in [0.2, 0.25) is 5.02 Å². The van der Waals surface area contributed by atoms with E-state index in [0.29, 0.717) is 10.7 Å². The molecule has 0 fully saturated rings. The molecule has 2 aromatic carbocycles. The number of anilines is 1. The van der Waals surface area contributed by atoms with Crippen LogP contribution in [-0.4, -0.2) is 32.2 Å². The lowest BCUT2D eigenvalue weighted by atomic mass is 10.2. The van der Waals surface area contributed by atoms with E-state index in [-0.39, 0.29) is 16.2 Å². The topological polar surface area (TPSA) is 89.5 Å². The highest BCUT2D eigenvalue weighted by atomic mass is 35.5. The van der Waals surface area contributed by atoms with Crippen LogP contribution in [-0.2, 0) is 19.4 Å². The number of benzene rings is 2. The number of hydrogen-bond donors (Lipinski definition) is 1. The molecule has 1 atom stereocenters. The fraction of sp³-hybridized carbons (Fsp3) is 0.263. The fourth-order valence-corrected chi connectivity index (χ4v) is 3.56. The molecule has 0 bridgehead atoms. The third-order valence-corrected chi connectivity index (χ3v) is 5.95. The van der Waals surface area contributed by atoms with E-state index in [9.17, 15) is 18.0 Å². The van der Waals surface area contributed by atoms with Crippen LogP contribution < -0.4 is 5.32 Å². The van der Waals surface area contributed by atoms with Gasteiger partial charge < -0.3 is 10.1 Å². The van der Waals surface area contributed by atoms with Crippen molar-refractivity contribution in [3.05, 3.63) is 58.6 Å². The van der Waals surface area contributed by atoms with Crippen molar-refractivity contribution in [1.82, 2.24) is 0 Å². The van der Waals surface area contributed by atoms with Gasteiger partial charge in [0.15, 0.2) is 15.9 Å². The lowest BCUT2D eigenvalue weighted by Crippen LogP contribution is -2.30. The minimum absolute atomic E-state index is 0.0991. The summed E-state index contributed by atoms with van der Waals surface area (Å²) in [5.41, 5.74) is 1.20. The Kier molecular flexibility index (Phi) is 6.62. The predicted octanol–water partition coefficient (Wildman–Crippen LogP) is 3.63. The summed E-state index contributed by atoms with van der Waals surface area (Å²) in [5.74, 6) is -1.58. The fourth-order valence-electron chi connectivity index (χ4n) is 2.30. The van der Waals surface area contributed by atoms with Crippen LogP contribution in [0, 0.1) is 6.92 Å². The lowest BCUT2D eigenvalue weighted by Gasteiger charge is -2.16. The molecule has 2 rings (SSSR count). The summed E-state index contributed by atoms with van der Waals surface area (Å²) in [6, 6.07) is 10.8. The Morgan fingerprint density at radius 2 is 1.85 bits per heavy atom. The second-order valence-electron chi connectivity index (χ2n) is 5.90. The van der Waals surface area contributed by atoms with Crippen LogP contribution in [0.3, 0.4) is 0 Å². The van der Waals surface area contributed by atoms with Gasteiger partial charge in [0.2, 0.25) is 0 Å². The maximum atomic E-state index is 12.4. The molecular formula is C19H20ClNO5S. The Hall–Kier alpha value is -2.38. The zero-order chi connectivity index (χ0) is 20.2. The Labute approximate surface area is 163 Å². The van der Waals surface area contributed by atoms with E-state index < -0.39 is 27.8 Å². The highest BCUT2D eigenvalue weighted by molar-refractivity contribution is 7.91. The standard InChI is InChI=1S/C19H20ClNO5S/c1-4-27(24,25)17-8-6-5-7-15(17)19(23)26-13(3)18(22)21-16-11-14(20)10-9-12(16)2/h5-11,13H,4H2,1-3H3,(H,21,22)/t13-/m1/s1. The van der Waals surface area contributed by atoms with E-state index in [1.165, 1.54) is 38.1 Å². The summed E-state index contributed by atoms with van der Waals surface area (Å²) in [6.07, 6.45) is -1.13. The smallest absolute Gasteiger partial charge is 0.340 e. The second kappa shape index (κ2) is 8.54. The highest BCUT2D eigenvalue weighted by Crippen LogP contribution is 2.21. The van der Waals surface area contributed by atoms with Crippen LogP contribution in [0.1, 0.15) is 29.8 Å². The summed E-state index contributed by atoms with van der Waals surface area (Å²) < 4.78 is 29.5. The van der Waals surface area contributed by atoms with Crippen molar-refractivity contribution >= 4 is 39.0 Å². The van der Waals surface area contributed by atoms with Crippen molar-refractivity contribution in [2.75, 3.05) is 11.1 Å². The Balaban J connectivity index is 2.16. The van der Waals surface area contributed by atoms with Gasteiger partial charge in [-0.2, -0.15) is 0 Å². The molecule has 144 valence electrons. The number of hydrogen-bond acceptors (Lipinski definition) is 5. The molecule has 6 nitrogen and oxygen atoms in total. The number of nitrogens with one attached hydrogen (secondary N) is 1. The molecule has 1 N–H and O–H groups in total. The monoisotopic (exact) mass is 409 g/mol. The minimum Gasteiger partial charge on any atom is -0.449 e. The maximum Gasteiger partial charge on any atom is 0.340 e. The molecule has 0 aliphatic rings. The maximum absolute atomic E-state index is 12.4. The quantitative estimate of drug-likeness (QED) is 0.736. The third kappa shape index (κ3) is 5.08. The van der Waals surface area contributed by atoms with Crippen molar-refractivity contribution in [3.63, 3.8) is 0 Å². The summed E-state index contributed by atoms with van der Waals surface area (Å²) in [6.45, 7) is 4.69. The second-order valence-corrected chi connectivity index (χ2v) is 8.58. The summed E-state index contributed by atoms with van der Waals surface area (Å²) in [7, 11) is -3.60. The molecule has 2 aromatic rings. The third-order valence-electron chi connectivity index (χ3n) is 3.93. The molecule has 27 heavy (non-hydrogen) atoms. The van der Waals surface area contributed by atoms with Gasteiger partial charge in [-0.05, 0) is 43.7 Å². The number of halogens is 1. The SMILES string of the molecule is CCS(=O)(=O)c1ccccc1C(=O)O[C@H](C)C(=O)Nc1cc(Cl)ccc1C. The van der Waals surface area contributed by atoms with Gasteiger partial charge in [0, 0.05) is 10.7 Å². The zero-order valence-corrected chi connectivity index (χ0v) is 16.7. The first-order valence-electron chi connectivity index (χ1n) is 8.25. The van der Waals surface area contributed by atoms with Gasteiger partial charge >= 0.3 is 5.97 Å². The first kappa shape index (κ1) is 20.9. The average molecular weight is 410 g/mol. The molecule has 0 heterocycles.